The third kappa shape index (κ3) is 2.54. The molecule has 4 nitrogen and oxygen atoms in total. The summed E-state index contributed by atoms with van der Waals surface area (Å²) in [5, 5.41) is 2.12. The summed E-state index contributed by atoms with van der Waals surface area (Å²) in [6.45, 7) is 3.35. The lowest BCUT2D eigenvalue weighted by Gasteiger charge is -2.17. The fourth-order valence-corrected chi connectivity index (χ4v) is 2.46. The molecule has 0 radical (unpaired) electrons. The van der Waals surface area contributed by atoms with Gasteiger partial charge in [-0.3, -0.25) is 14.5 Å². The molecule has 122 valence electrons. The molecule has 1 heterocycles. The van der Waals surface area contributed by atoms with Gasteiger partial charge in [0.1, 0.15) is 6.54 Å². The molecule has 2 aromatic carbocycles. The van der Waals surface area contributed by atoms with Gasteiger partial charge >= 0.3 is 0 Å². The molecule has 1 aliphatic rings. The van der Waals surface area contributed by atoms with E-state index < -0.39 is 41.5 Å². The van der Waals surface area contributed by atoms with Gasteiger partial charge in [0.05, 0.1) is 5.69 Å². The number of fused-ring (bicyclic) bond motifs is 1. The molecule has 0 aliphatic carbocycles. The highest BCUT2D eigenvalue weighted by Gasteiger charge is 2.32. The van der Waals surface area contributed by atoms with Gasteiger partial charge in [0.2, 0.25) is 5.91 Å². The molecular formula is C17H11F3N2O2. The number of hydrogen-bond donors (Lipinski definition) is 1. The normalized spacial score (nSPS) is 13.2. The molecule has 3 rings (SSSR count). The van der Waals surface area contributed by atoms with E-state index in [1.165, 1.54) is 0 Å². The van der Waals surface area contributed by atoms with E-state index in [1.54, 1.807) is 24.3 Å². The Morgan fingerprint density at radius 3 is 2.38 bits per heavy atom. The van der Waals surface area contributed by atoms with E-state index in [4.69, 9.17) is 0 Å². The minimum absolute atomic E-state index is 0.344. The predicted octanol–water partition coefficient (Wildman–Crippen LogP) is 3.17. The van der Waals surface area contributed by atoms with Crippen LogP contribution >= 0.6 is 0 Å². The molecular weight excluding hydrogens is 321 g/mol. The van der Waals surface area contributed by atoms with Crippen molar-refractivity contribution in [2.75, 3.05) is 11.9 Å². The lowest BCUT2D eigenvalue weighted by Crippen LogP contribution is -2.33. The third-order valence-electron chi connectivity index (χ3n) is 3.65. The van der Waals surface area contributed by atoms with Crippen LogP contribution in [0.4, 0.5) is 18.9 Å². The third-order valence-corrected chi connectivity index (χ3v) is 3.65. The van der Waals surface area contributed by atoms with Gasteiger partial charge in [-0.05, 0) is 18.2 Å². The Balaban J connectivity index is 1.76. The zero-order valence-electron chi connectivity index (χ0n) is 12.3. The molecule has 0 saturated carbocycles. The molecule has 2 aromatic rings. The highest BCUT2D eigenvalue weighted by atomic mass is 19.2. The minimum atomic E-state index is -1.68. The summed E-state index contributed by atoms with van der Waals surface area (Å²) in [6, 6.07) is 8.32. The summed E-state index contributed by atoms with van der Waals surface area (Å²) in [6.07, 6.45) is 0. The van der Waals surface area contributed by atoms with E-state index in [0.717, 1.165) is 11.0 Å². The van der Waals surface area contributed by atoms with Crippen LogP contribution in [0.1, 0.15) is 15.9 Å². The van der Waals surface area contributed by atoms with E-state index in [1.807, 2.05) is 0 Å². The van der Waals surface area contributed by atoms with Crippen molar-refractivity contribution in [3.8, 4) is 0 Å². The number of benzene rings is 2. The highest BCUT2D eigenvalue weighted by molar-refractivity contribution is 6.11. The van der Waals surface area contributed by atoms with E-state index in [2.05, 4.69) is 11.9 Å². The molecule has 1 N–H and O–H groups in total. The van der Waals surface area contributed by atoms with Crippen LogP contribution in [0.15, 0.2) is 43.0 Å². The van der Waals surface area contributed by atoms with Crippen LogP contribution in [0.25, 0.3) is 5.70 Å². The van der Waals surface area contributed by atoms with Crippen LogP contribution < -0.4 is 5.32 Å². The molecule has 24 heavy (non-hydrogen) atoms. The van der Waals surface area contributed by atoms with Crippen LogP contribution in [0.2, 0.25) is 0 Å². The second-order valence-corrected chi connectivity index (χ2v) is 5.15. The Labute approximate surface area is 135 Å². The van der Waals surface area contributed by atoms with Gasteiger partial charge in [-0.1, -0.05) is 24.8 Å². The fourth-order valence-electron chi connectivity index (χ4n) is 2.46. The minimum Gasteiger partial charge on any atom is -0.322 e. The van der Waals surface area contributed by atoms with Crippen LogP contribution in [0, 0.1) is 17.5 Å². The maximum Gasteiger partial charge on any atom is 0.259 e. The Hall–Kier alpha value is -3.09. The van der Waals surface area contributed by atoms with Gasteiger partial charge in [-0.25, -0.2) is 13.2 Å². The van der Waals surface area contributed by atoms with Gasteiger partial charge in [0, 0.05) is 16.8 Å². The summed E-state index contributed by atoms with van der Waals surface area (Å²) >= 11 is 0. The Morgan fingerprint density at radius 2 is 1.71 bits per heavy atom. The molecule has 2 amide bonds. The van der Waals surface area contributed by atoms with Crippen molar-refractivity contribution in [1.29, 1.82) is 0 Å². The molecule has 0 bridgehead atoms. The predicted molar refractivity (Wildman–Crippen MR) is 81.5 cm³/mol. The molecule has 0 fully saturated rings. The molecule has 7 heteroatoms. The second kappa shape index (κ2) is 5.84. The number of carbonyl (C=O) groups excluding carboxylic acids is 2. The maximum atomic E-state index is 13.6. The van der Waals surface area contributed by atoms with Crippen molar-refractivity contribution in [1.82, 2.24) is 4.90 Å². The van der Waals surface area contributed by atoms with E-state index in [-0.39, 0.29) is 0 Å². The average Bonchev–Trinajstić information content (AvgIpc) is 2.81. The van der Waals surface area contributed by atoms with Gasteiger partial charge in [-0.2, -0.15) is 0 Å². The lowest BCUT2D eigenvalue weighted by molar-refractivity contribution is -0.116. The zero-order chi connectivity index (χ0) is 17.4. The van der Waals surface area contributed by atoms with Crippen LogP contribution in [-0.2, 0) is 4.79 Å². The summed E-state index contributed by atoms with van der Waals surface area (Å²) in [5.74, 6) is -5.71. The fraction of sp³-hybridized carbons (Fsp3) is 0.0588. The number of nitrogens with one attached hydrogen (secondary N) is 1. The average molecular weight is 332 g/mol. The number of carbonyl (C=O) groups is 2. The second-order valence-electron chi connectivity index (χ2n) is 5.15. The molecule has 0 spiro atoms. The number of amides is 2. The summed E-state index contributed by atoms with van der Waals surface area (Å²) in [5.41, 5.74) is 0.855. The number of nitrogens with zero attached hydrogens (tertiary/aromatic N) is 1. The molecule has 1 aliphatic heterocycles. The SMILES string of the molecule is C=C1c2ccccc2C(=O)N1CC(=O)Nc1ccc(F)c(F)c1F. The number of anilines is 1. The first kappa shape index (κ1) is 15.8. The maximum absolute atomic E-state index is 13.6. The molecule has 0 aromatic heterocycles. The van der Waals surface area contributed by atoms with E-state index >= 15 is 0 Å². The van der Waals surface area contributed by atoms with Crippen molar-refractivity contribution in [2.45, 2.75) is 0 Å². The molecule has 0 atom stereocenters. The number of hydrogen-bond acceptors (Lipinski definition) is 2. The topological polar surface area (TPSA) is 49.4 Å². The van der Waals surface area contributed by atoms with Gasteiger partial charge in [-0.15, -0.1) is 0 Å². The summed E-state index contributed by atoms with van der Waals surface area (Å²) in [4.78, 5) is 25.4. The zero-order valence-corrected chi connectivity index (χ0v) is 12.3. The van der Waals surface area contributed by atoms with Crippen LogP contribution in [0.3, 0.4) is 0 Å². The van der Waals surface area contributed by atoms with Crippen LogP contribution in [-0.4, -0.2) is 23.3 Å². The highest BCUT2D eigenvalue weighted by Crippen LogP contribution is 2.31. The summed E-state index contributed by atoms with van der Waals surface area (Å²) < 4.78 is 39.6. The Morgan fingerprint density at radius 1 is 1.04 bits per heavy atom. The monoisotopic (exact) mass is 332 g/mol. The first-order valence-electron chi connectivity index (χ1n) is 6.93. The van der Waals surface area contributed by atoms with Gasteiger partial charge in [0.25, 0.3) is 5.91 Å². The largest absolute Gasteiger partial charge is 0.322 e. The van der Waals surface area contributed by atoms with Crippen molar-refractivity contribution >= 4 is 23.2 Å². The van der Waals surface area contributed by atoms with Crippen molar-refractivity contribution < 1.29 is 22.8 Å². The lowest BCUT2D eigenvalue weighted by atomic mass is 10.1. The summed E-state index contributed by atoms with van der Waals surface area (Å²) in [7, 11) is 0. The standard InChI is InChI=1S/C17H11F3N2O2/c1-9-10-4-2-3-5-11(10)17(24)22(9)8-14(23)21-13-7-6-12(18)15(19)16(13)20/h2-7H,1,8H2,(H,21,23). The van der Waals surface area contributed by atoms with E-state index in [0.29, 0.717) is 22.9 Å². The van der Waals surface area contributed by atoms with Gasteiger partial charge < -0.3 is 5.32 Å². The number of rotatable bonds is 3. The van der Waals surface area contributed by atoms with Crippen molar-refractivity contribution in [2.24, 2.45) is 0 Å². The van der Waals surface area contributed by atoms with Crippen LogP contribution in [0.5, 0.6) is 0 Å². The quantitative estimate of drug-likeness (QED) is 0.878. The number of halogens is 3. The first-order valence-corrected chi connectivity index (χ1v) is 6.93. The Kier molecular flexibility index (Phi) is 3.84. The molecule has 0 unspecified atom stereocenters. The molecule has 0 saturated heterocycles. The van der Waals surface area contributed by atoms with Crippen molar-refractivity contribution in [3.63, 3.8) is 0 Å². The van der Waals surface area contributed by atoms with Crippen molar-refractivity contribution in [3.05, 3.63) is 71.6 Å². The first-order chi connectivity index (χ1) is 11.4. The van der Waals surface area contributed by atoms with Gasteiger partial charge in [0.15, 0.2) is 17.5 Å². The Bertz CT molecular complexity index is 845. The smallest absolute Gasteiger partial charge is 0.259 e. The van der Waals surface area contributed by atoms with E-state index in [9.17, 15) is 22.8 Å².